The zero-order chi connectivity index (χ0) is 24.6. The van der Waals surface area contributed by atoms with Crippen molar-refractivity contribution in [3.63, 3.8) is 0 Å². The third kappa shape index (κ3) is 4.44. The number of carbonyl (C=O) groups excluding carboxylic acids is 2. The van der Waals surface area contributed by atoms with Crippen LogP contribution in [0.25, 0.3) is 0 Å². The topological polar surface area (TPSA) is 90.0 Å². The molecule has 1 saturated heterocycles. The van der Waals surface area contributed by atoms with E-state index in [-0.39, 0.29) is 45.9 Å². The van der Waals surface area contributed by atoms with Crippen molar-refractivity contribution in [2.24, 2.45) is 0 Å². The van der Waals surface area contributed by atoms with Crippen LogP contribution in [0.3, 0.4) is 0 Å². The van der Waals surface area contributed by atoms with E-state index in [1.165, 1.54) is 53.4 Å². The molecule has 3 aromatic carbocycles. The highest BCUT2D eigenvalue weighted by atomic mass is 32.2. The molecule has 2 aliphatic heterocycles. The number of anilines is 1. The van der Waals surface area contributed by atoms with Gasteiger partial charge in [-0.2, -0.15) is 0 Å². The lowest BCUT2D eigenvalue weighted by molar-refractivity contribution is 0.0161. The van der Waals surface area contributed by atoms with E-state index in [9.17, 15) is 22.4 Å². The molecule has 2 aliphatic rings. The first-order valence-corrected chi connectivity index (χ1v) is 12.7. The van der Waals surface area contributed by atoms with Gasteiger partial charge in [0.05, 0.1) is 39.3 Å². The molecule has 1 fully saturated rings. The lowest BCUT2D eigenvalue weighted by Crippen LogP contribution is -2.30. The largest absolute Gasteiger partial charge is 0.459 e. The van der Waals surface area contributed by atoms with Crippen LogP contribution in [0.15, 0.2) is 76.5 Å². The molecule has 0 radical (unpaired) electrons. The quantitative estimate of drug-likeness (QED) is 0.494. The van der Waals surface area contributed by atoms with E-state index < -0.39 is 27.5 Å². The Morgan fingerprint density at radius 1 is 1.06 bits per heavy atom. The van der Waals surface area contributed by atoms with Crippen molar-refractivity contribution in [2.75, 3.05) is 18.1 Å². The van der Waals surface area contributed by atoms with Gasteiger partial charge in [0.25, 0.3) is 5.91 Å². The summed E-state index contributed by atoms with van der Waals surface area (Å²) in [6, 6.07) is 15.7. The molecule has 0 aliphatic carbocycles. The molecule has 0 spiro atoms. The highest BCUT2D eigenvalue weighted by Crippen LogP contribution is 2.38. The smallest absolute Gasteiger partial charge is 0.338 e. The van der Waals surface area contributed by atoms with Crippen LogP contribution in [0, 0.1) is 5.82 Å². The molecule has 5 rings (SSSR count). The van der Waals surface area contributed by atoms with E-state index in [0.29, 0.717) is 12.2 Å². The molecule has 1 amide bonds. The van der Waals surface area contributed by atoms with Crippen molar-refractivity contribution >= 4 is 27.4 Å². The summed E-state index contributed by atoms with van der Waals surface area (Å²) >= 11 is 0. The maximum absolute atomic E-state index is 13.9. The zero-order valence-electron chi connectivity index (χ0n) is 18.6. The molecule has 3 aromatic rings. The molecule has 0 saturated carbocycles. The molecule has 9 heteroatoms. The van der Waals surface area contributed by atoms with Gasteiger partial charge in [-0.3, -0.25) is 4.79 Å². The van der Waals surface area contributed by atoms with Crippen molar-refractivity contribution in [3.05, 3.63) is 89.2 Å². The second-order valence-corrected chi connectivity index (χ2v) is 10.3. The molecule has 0 aromatic heterocycles. The molecule has 180 valence electrons. The Kier molecular flexibility index (Phi) is 6.12. The number of rotatable bonds is 5. The van der Waals surface area contributed by atoms with E-state index in [1.807, 2.05) is 0 Å². The average Bonchev–Trinajstić information content (AvgIpc) is 3.37. The predicted molar refractivity (Wildman–Crippen MR) is 125 cm³/mol. The lowest BCUT2D eigenvalue weighted by atomic mass is 10.1. The Morgan fingerprint density at radius 2 is 1.89 bits per heavy atom. The molecular weight excluding hydrogens is 473 g/mol. The fourth-order valence-corrected chi connectivity index (χ4v) is 5.97. The van der Waals surface area contributed by atoms with Crippen molar-refractivity contribution in [1.29, 1.82) is 0 Å². The summed E-state index contributed by atoms with van der Waals surface area (Å²) in [5.74, 6) is -1.71. The maximum Gasteiger partial charge on any atom is 0.338 e. The van der Waals surface area contributed by atoms with Crippen molar-refractivity contribution in [3.8, 4) is 0 Å². The minimum atomic E-state index is -4.08. The van der Waals surface area contributed by atoms with Crippen LogP contribution in [-0.4, -0.2) is 39.6 Å². The Balaban J connectivity index is 1.59. The number of benzene rings is 3. The first kappa shape index (κ1) is 23.2. The standard InChI is InChI=1S/C26H22FNO6S/c27-19-6-3-5-17(13-19)15-28-22-14-18(26(30)34-16-20-7-4-12-33-20)10-11-24(22)35(31,32)23-9-2-1-8-21(23)25(28)29/h1-3,5-6,8-11,13-14,20H,4,7,12,15-16H2/t20-/m1/s1. The first-order valence-electron chi connectivity index (χ1n) is 11.2. The Bertz CT molecular complexity index is 1410. The number of amides is 1. The zero-order valence-corrected chi connectivity index (χ0v) is 19.5. The van der Waals surface area contributed by atoms with Crippen LogP contribution in [0.2, 0.25) is 0 Å². The first-order chi connectivity index (χ1) is 16.8. The summed E-state index contributed by atoms with van der Waals surface area (Å²) in [5.41, 5.74) is 0.594. The summed E-state index contributed by atoms with van der Waals surface area (Å²) in [6.07, 6.45) is 1.53. The number of ether oxygens (including phenoxy) is 2. The van der Waals surface area contributed by atoms with Gasteiger partial charge >= 0.3 is 5.97 Å². The van der Waals surface area contributed by atoms with Gasteiger partial charge in [0.1, 0.15) is 12.4 Å². The Labute approximate surface area is 202 Å². The average molecular weight is 496 g/mol. The molecule has 2 heterocycles. The number of halogens is 1. The van der Waals surface area contributed by atoms with E-state index in [4.69, 9.17) is 9.47 Å². The van der Waals surface area contributed by atoms with Crippen molar-refractivity contribution < 1.29 is 31.9 Å². The molecule has 0 unspecified atom stereocenters. The summed E-state index contributed by atoms with van der Waals surface area (Å²) in [6.45, 7) is 0.615. The highest BCUT2D eigenvalue weighted by molar-refractivity contribution is 7.91. The van der Waals surface area contributed by atoms with Gasteiger partial charge in [0.15, 0.2) is 0 Å². The minimum Gasteiger partial charge on any atom is -0.459 e. The Hall–Kier alpha value is -3.56. The van der Waals surface area contributed by atoms with Gasteiger partial charge in [-0.1, -0.05) is 24.3 Å². The number of esters is 1. The third-order valence-electron chi connectivity index (χ3n) is 6.08. The van der Waals surface area contributed by atoms with E-state index in [1.54, 1.807) is 18.2 Å². The van der Waals surface area contributed by atoms with E-state index in [0.717, 1.165) is 12.8 Å². The molecule has 7 nitrogen and oxygen atoms in total. The van der Waals surface area contributed by atoms with Crippen molar-refractivity contribution in [2.45, 2.75) is 35.3 Å². The van der Waals surface area contributed by atoms with Gasteiger partial charge in [0, 0.05) is 6.61 Å². The van der Waals surface area contributed by atoms with E-state index in [2.05, 4.69) is 0 Å². The number of nitrogens with zero attached hydrogens (tertiary/aromatic N) is 1. The van der Waals surface area contributed by atoms with Crippen LogP contribution in [0.5, 0.6) is 0 Å². The molecule has 0 bridgehead atoms. The van der Waals surface area contributed by atoms with Crippen LogP contribution in [0.1, 0.15) is 39.1 Å². The number of carbonyl (C=O) groups is 2. The van der Waals surface area contributed by atoms with Crippen LogP contribution in [0.4, 0.5) is 10.1 Å². The fraction of sp³-hybridized carbons (Fsp3) is 0.231. The Morgan fingerprint density at radius 3 is 2.66 bits per heavy atom. The second kappa shape index (κ2) is 9.24. The van der Waals surface area contributed by atoms with Gasteiger partial charge in [-0.15, -0.1) is 0 Å². The summed E-state index contributed by atoms with van der Waals surface area (Å²) < 4.78 is 51.8. The highest BCUT2D eigenvalue weighted by Gasteiger charge is 2.36. The summed E-state index contributed by atoms with van der Waals surface area (Å²) in [5, 5.41) is 0. The van der Waals surface area contributed by atoms with Crippen molar-refractivity contribution in [1.82, 2.24) is 0 Å². The molecule has 1 atom stereocenters. The number of hydrogen-bond donors (Lipinski definition) is 0. The van der Waals surface area contributed by atoms with Gasteiger partial charge in [0.2, 0.25) is 9.84 Å². The number of sulfone groups is 1. The number of hydrogen-bond acceptors (Lipinski definition) is 6. The fourth-order valence-electron chi connectivity index (χ4n) is 4.34. The van der Waals surface area contributed by atoms with Crippen LogP contribution in [-0.2, 0) is 25.9 Å². The number of fused-ring (bicyclic) bond motifs is 2. The normalized spacial score (nSPS) is 18.5. The molecule has 35 heavy (non-hydrogen) atoms. The van der Waals surface area contributed by atoms with Gasteiger partial charge in [-0.25, -0.2) is 17.6 Å². The molecular formula is C26H22FNO6S. The van der Waals surface area contributed by atoms with Gasteiger partial charge in [-0.05, 0) is 60.9 Å². The lowest BCUT2D eigenvalue weighted by Gasteiger charge is -2.23. The van der Waals surface area contributed by atoms with Crippen LogP contribution >= 0.6 is 0 Å². The second-order valence-electron chi connectivity index (χ2n) is 8.44. The summed E-state index contributed by atoms with van der Waals surface area (Å²) in [7, 11) is -4.08. The summed E-state index contributed by atoms with van der Waals surface area (Å²) in [4.78, 5) is 27.4. The van der Waals surface area contributed by atoms with Crippen LogP contribution < -0.4 is 4.90 Å². The van der Waals surface area contributed by atoms with Gasteiger partial charge < -0.3 is 14.4 Å². The third-order valence-corrected chi connectivity index (χ3v) is 7.94. The SMILES string of the molecule is O=C(OC[C@H]1CCCO1)c1ccc2c(c1)N(Cc1cccc(F)c1)C(=O)c1ccccc1S2(=O)=O. The predicted octanol–water partition coefficient (Wildman–Crippen LogP) is 4.15. The monoisotopic (exact) mass is 495 g/mol. The maximum atomic E-state index is 13.9. The van der Waals surface area contributed by atoms with E-state index >= 15 is 0 Å². The minimum absolute atomic E-state index is 0.00242. The molecule has 0 N–H and O–H groups in total.